The van der Waals surface area contributed by atoms with Crippen molar-refractivity contribution >= 4 is 21.5 Å². The van der Waals surface area contributed by atoms with Crippen LogP contribution in [0.25, 0.3) is 0 Å². The number of nitrogens with zero attached hydrogens (tertiary/aromatic N) is 2. The largest absolute Gasteiger partial charge is 0.497 e. The summed E-state index contributed by atoms with van der Waals surface area (Å²) in [5, 5.41) is 0. The molecule has 0 amide bonds. The van der Waals surface area contributed by atoms with Crippen molar-refractivity contribution in [2.75, 3.05) is 19.1 Å². The highest BCUT2D eigenvalue weighted by molar-refractivity contribution is 7.90. The maximum absolute atomic E-state index is 12.1. The minimum atomic E-state index is -3.70. The van der Waals surface area contributed by atoms with E-state index in [-0.39, 0.29) is 4.90 Å². The van der Waals surface area contributed by atoms with E-state index in [1.165, 1.54) is 13.2 Å². The zero-order valence-corrected chi connectivity index (χ0v) is 11.3. The minimum Gasteiger partial charge on any atom is -0.497 e. The van der Waals surface area contributed by atoms with Gasteiger partial charge < -0.3 is 9.64 Å². The maximum atomic E-state index is 12.1. The van der Waals surface area contributed by atoms with Gasteiger partial charge in [-0.3, -0.25) is 0 Å². The maximum Gasteiger partial charge on any atom is 0.286 e. The molecule has 0 saturated carbocycles. The van der Waals surface area contributed by atoms with Crippen LogP contribution in [0.4, 0.5) is 5.69 Å². The third-order valence-corrected chi connectivity index (χ3v) is 4.01. The molecule has 1 aromatic carbocycles. The van der Waals surface area contributed by atoms with Gasteiger partial charge in [0.25, 0.3) is 10.0 Å². The molecule has 6 heteroatoms. The number of benzene rings is 1. The molecule has 0 N–H and O–H groups in total. The average Bonchev–Trinajstić information content (AvgIpc) is 2.33. The molecule has 0 aliphatic carbocycles. The molecule has 0 saturated heterocycles. The summed E-state index contributed by atoms with van der Waals surface area (Å²) in [7, 11) is -0.449. The van der Waals surface area contributed by atoms with Gasteiger partial charge in [0.2, 0.25) is 0 Å². The lowest BCUT2D eigenvalue weighted by Gasteiger charge is -2.27. The van der Waals surface area contributed by atoms with Crippen molar-refractivity contribution in [1.29, 1.82) is 0 Å². The molecule has 0 unspecified atom stereocenters. The van der Waals surface area contributed by atoms with E-state index in [1.807, 2.05) is 0 Å². The Labute approximate surface area is 106 Å². The van der Waals surface area contributed by atoms with E-state index in [2.05, 4.69) is 11.0 Å². The van der Waals surface area contributed by atoms with Gasteiger partial charge in [0.1, 0.15) is 16.5 Å². The highest BCUT2D eigenvalue weighted by Crippen LogP contribution is 2.34. The summed E-state index contributed by atoms with van der Waals surface area (Å²) < 4.78 is 33.0. The van der Waals surface area contributed by atoms with Gasteiger partial charge in [0.15, 0.2) is 0 Å². The fourth-order valence-electron chi connectivity index (χ4n) is 1.81. The molecule has 0 spiro atoms. The Morgan fingerprint density at radius 1 is 1.44 bits per heavy atom. The van der Waals surface area contributed by atoms with Crippen molar-refractivity contribution in [3.63, 3.8) is 0 Å². The van der Waals surface area contributed by atoms with Gasteiger partial charge in [-0.05, 0) is 24.6 Å². The number of rotatable bonds is 2. The topological polar surface area (TPSA) is 59.0 Å². The van der Waals surface area contributed by atoms with Crippen LogP contribution in [0.5, 0.6) is 5.75 Å². The fourth-order valence-corrected chi connectivity index (χ4v) is 3.15. The number of anilines is 1. The summed E-state index contributed by atoms with van der Waals surface area (Å²) in [5.41, 5.74) is 1.17. The molecule has 0 atom stereocenters. The van der Waals surface area contributed by atoms with Crippen LogP contribution >= 0.6 is 0 Å². The Hall–Kier alpha value is -1.82. The molecule has 0 fully saturated rings. The lowest BCUT2D eigenvalue weighted by Crippen LogP contribution is -2.32. The predicted molar refractivity (Wildman–Crippen MR) is 70.8 cm³/mol. The summed E-state index contributed by atoms with van der Waals surface area (Å²) >= 11 is 0. The normalized spacial score (nSPS) is 16.8. The zero-order valence-electron chi connectivity index (χ0n) is 10.5. The molecule has 0 radical (unpaired) electrons. The van der Waals surface area contributed by atoms with Gasteiger partial charge in [-0.15, -0.1) is 4.40 Å². The smallest absolute Gasteiger partial charge is 0.286 e. The van der Waals surface area contributed by atoms with E-state index in [0.29, 0.717) is 22.8 Å². The number of ether oxygens (including phenoxy) is 1. The van der Waals surface area contributed by atoms with Gasteiger partial charge >= 0.3 is 0 Å². The Bertz CT molecular complexity index is 647. The molecule has 1 aliphatic rings. The molecular formula is C12H14N2O3S. The number of fused-ring (bicyclic) bond motifs is 1. The quantitative estimate of drug-likeness (QED) is 0.819. The Balaban J connectivity index is 2.70. The van der Waals surface area contributed by atoms with E-state index in [4.69, 9.17) is 4.74 Å². The standard InChI is InChI=1S/C12H14N2O3S/c1-8(2)12-13-18(15,16)11-7-9(17-4)5-6-10(11)14(12)3/h5-7H,1H2,2-4H3. The molecule has 96 valence electrons. The lowest BCUT2D eigenvalue weighted by atomic mass is 10.2. The number of methoxy groups -OCH3 is 1. The van der Waals surface area contributed by atoms with Gasteiger partial charge in [-0.1, -0.05) is 6.58 Å². The highest BCUT2D eigenvalue weighted by Gasteiger charge is 2.29. The van der Waals surface area contributed by atoms with Crippen LogP contribution in [0, 0.1) is 0 Å². The van der Waals surface area contributed by atoms with E-state index in [1.54, 1.807) is 31.0 Å². The van der Waals surface area contributed by atoms with Crippen molar-refractivity contribution < 1.29 is 13.2 Å². The Morgan fingerprint density at radius 2 is 2.11 bits per heavy atom. The van der Waals surface area contributed by atoms with Crippen LogP contribution in [-0.4, -0.2) is 28.4 Å². The predicted octanol–water partition coefficient (Wildman–Crippen LogP) is 1.81. The highest BCUT2D eigenvalue weighted by atomic mass is 32.2. The second-order valence-electron chi connectivity index (χ2n) is 4.06. The third-order valence-electron chi connectivity index (χ3n) is 2.71. The summed E-state index contributed by atoms with van der Waals surface area (Å²) in [6, 6.07) is 4.88. The van der Waals surface area contributed by atoms with Crippen LogP contribution in [0.3, 0.4) is 0 Å². The second kappa shape index (κ2) is 4.13. The van der Waals surface area contributed by atoms with Gasteiger partial charge in [-0.25, -0.2) is 0 Å². The monoisotopic (exact) mass is 266 g/mol. The number of hydrogen-bond donors (Lipinski definition) is 0. The first-order valence-electron chi connectivity index (χ1n) is 5.29. The Morgan fingerprint density at radius 3 is 2.67 bits per heavy atom. The van der Waals surface area contributed by atoms with Crippen LogP contribution in [0.2, 0.25) is 0 Å². The molecule has 1 heterocycles. The van der Waals surface area contributed by atoms with Crippen molar-refractivity contribution in [3.8, 4) is 5.75 Å². The number of sulfonamides is 1. The van der Waals surface area contributed by atoms with Crippen molar-refractivity contribution in [1.82, 2.24) is 0 Å². The van der Waals surface area contributed by atoms with E-state index in [0.717, 1.165) is 0 Å². The summed E-state index contributed by atoms with van der Waals surface area (Å²) in [6.07, 6.45) is 0. The first-order valence-corrected chi connectivity index (χ1v) is 6.73. The van der Waals surface area contributed by atoms with Gasteiger partial charge in [0.05, 0.1) is 12.8 Å². The molecule has 1 aromatic rings. The SMILES string of the molecule is C=C(C)C1=NS(=O)(=O)c2cc(OC)ccc2N1C. The van der Waals surface area contributed by atoms with E-state index < -0.39 is 10.0 Å². The van der Waals surface area contributed by atoms with Crippen LogP contribution in [-0.2, 0) is 10.0 Å². The molecule has 5 nitrogen and oxygen atoms in total. The molecule has 2 rings (SSSR count). The average molecular weight is 266 g/mol. The molecule has 0 bridgehead atoms. The Kier molecular flexibility index (Phi) is 2.90. The molecule has 18 heavy (non-hydrogen) atoms. The minimum absolute atomic E-state index is 0.148. The number of likely N-dealkylation sites (N-methyl/N-ethyl adjacent to an activating group) is 1. The first-order chi connectivity index (χ1) is 8.36. The fraction of sp³-hybridized carbons (Fsp3) is 0.250. The number of hydrogen-bond acceptors (Lipinski definition) is 4. The third kappa shape index (κ3) is 1.88. The molecule has 0 aromatic heterocycles. The van der Waals surface area contributed by atoms with Crippen LogP contribution < -0.4 is 9.64 Å². The van der Waals surface area contributed by atoms with Crippen molar-refractivity contribution in [2.24, 2.45) is 4.40 Å². The molecular weight excluding hydrogens is 252 g/mol. The summed E-state index contributed by atoms with van der Waals surface area (Å²) in [4.78, 5) is 1.85. The van der Waals surface area contributed by atoms with Crippen LogP contribution in [0.1, 0.15) is 6.92 Å². The first kappa shape index (κ1) is 12.6. The van der Waals surface area contributed by atoms with Gasteiger partial charge in [0, 0.05) is 13.1 Å². The van der Waals surface area contributed by atoms with Crippen LogP contribution in [0.15, 0.2) is 39.6 Å². The second-order valence-corrected chi connectivity index (χ2v) is 5.64. The van der Waals surface area contributed by atoms with Gasteiger partial charge in [-0.2, -0.15) is 8.42 Å². The summed E-state index contributed by atoms with van der Waals surface area (Å²) in [5.74, 6) is 0.840. The summed E-state index contributed by atoms with van der Waals surface area (Å²) in [6.45, 7) is 5.46. The number of amidine groups is 1. The van der Waals surface area contributed by atoms with E-state index in [9.17, 15) is 8.42 Å². The van der Waals surface area contributed by atoms with E-state index >= 15 is 0 Å². The lowest BCUT2D eigenvalue weighted by molar-refractivity contribution is 0.413. The van der Waals surface area contributed by atoms with Crippen molar-refractivity contribution in [3.05, 3.63) is 30.4 Å². The zero-order chi connectivity index (χ0) is 13.5. The molecule has 1 aliphatic heterocycles. The van der Waals surface area contributed by atoms with Crippen molar-refractivity contribution in [2.45, 2.75) is 11.8 Å².